The minimum absolute atomic E-state index is 0. The Kier molecular flexibility index (Phi) is 9.25. The van der Waals surface area contributed by atoms with Crippen molar-refractivity contribution in [1.29, 1.82) is 0 Å². The number of likely N-dealkylation sites (N-methyl/N-ethyl adjacent to an activating group) is 2. The van der Waals surface area contributed by atoms with Crippen LogP contribution in [0.15, 0.2) is 42.7 Å². The number of imidazole rings is 1. The fourth-order valence-electron chi connectivity index (χ4n) is 5.64. The van der Waals surface area contributed by atoms with Gasteiger partial charge in [-0.25, -0.2) is 4.98 Å². The third-order valence-electron chi connectivity index (χ3n) is 7.55. The summed E-state index contributed by atoms with van der Waals surface area (Å²) in [4.78, 5) is 9.95. The molecule has 7 nitrogen and oxygen atoms in total. The molecule has 2 fully saturated rings. The van der Waals surface area contributed by atoms with E-state index in [0.717, 1.165) is 70.8 Å². The van der Waals surface area contributed by atoms with Crippen LogP contribution in [0.2, 0.25) is 0 Å². The maximum atomic E-state index is 6.07. The summed E-state index contributed by atoms with van der Waals surface area (Å²) in [5, 5.41) is 6.73. The van der Waals surface area contributed by atoms with Gasteiger partial charge in [0.15, 0.2) is 0 Å². The first-order chi connectivity index (χ1) is 17.1. The topological polar surface area (TPSA) is 57.6 Å². The van der Waals surface area contributed by atoms with Crippen LogP contribution < -0.4 is 15.5 Å². The summed E-state index contributed by atoms with van der Waals surface area (Å²) in [6.07, 6.45) is 4.29. The van der Waals surface area contributed by atoms with Crippen LogP contribution in [0.4, 0.5) is 5.69 Å². The average molecular weight is 513 g/mol. The molecule has 0 amide bonds. The van der Waals surface area contributed by atoms with Gasteiger partial charge in [-0.15, -0.1) is 12.4 Å². The summed E-state index contributed by atoms with van der Waals surface area (Å²) >= 11 is 0. The molecule has 36 heavy (non-hydrogen) atoms. The van der Waals surface area contributed by atoms with E-state index in [1.165, 1.54) is 27.9 Å². The van der Waals surface area contributed by atoms with Gasteiger partial charge in [0.25, 0.3) is 0 Å². The number of halogens is 1. The van der Waals surface area contributed by atoms with Gasteiger partial charge in [-0.05, 0) is 74.7 Å². The maximum absolute atomic E-state index is 6.07. The molecule has 196 valence electrons. The number of benzene rings is 2. The van der Waals surface area contributed by atoms with E-state index in [0.29, 0.717) is 5.92 Å². The molecule has 3 aromatic rings. The summed E-state index contributed by atoms with van der Waals surface area (Å²) in [5.74, 6) is 0.515. The number of anilines is 1. The molecule has 0 aliphatic carbocycles. The van der Waals surface area contributed by atoms with E-state index in [1.54, 1.807) is 0 Å². The normalized spacial score (nSPS) is 19.1. The van der Waals surface area contributed by atoms with Crippen molar-refractivity contribution in [2.24, 2.45) is 0 Å². The molecule has 3 heterocycles. The van der Waals surface area contributed by atoms with E-state index in [1.807, 2.05) is 13.4 Å². The zero-order valence-electron chi connectivity index (χ0n) is 21.9. The Hall–Kier alpha value is -2.16. The minimum Gasteiger partial charge on any atom is -0.371 e. The number of aryl methyl sites for hydroxylation is 1. The number of nitrogens with one attached hydrogen (secondary N) is 2. The number of aromatic nitrogens is 2. The van der Waals surface area contributed by atoms with Crippen molar-refractivity contribution >= 4 is 29.1 Å². The molecule has 8 heteroatoms. The highest BCUT2D eigenvalue weighted by Gasteiger charge is 2.27. The summed E-state index contributed by atoms with van der Waals surface area (Å²) in [7, 11) is 4.23. The Bertz CT molecular complexity index is 1120. The Morgan fingerprint density at radius 1 is 1.19 bits per heavy atom. The quantitative estimate of drug-likeness (QED) is 0.477. The third kappa shape index (κ3) is 5.87. The lowest BCUT2D eigenvalue weighted by atomic mass is 9.85. The van der Waals surface area contributed by atoms with Crippen molar-refractivity contribution in [3.8, 4) is 0 Å². The van der Waals surface area contributed by atoms with Crippen LogP contribution in [0.5, 0.6) is 0 Å². The minimum atomic E-state index is 0. The van der Waals surface area contributed by atoms with Crippen LogP contribution >= 0.6 is 12.4 Å². The molecule has 0 bridgehead atoms. The Morgan fingerprint density at radius 2 is 2.03 bits per heavy atom. The number of morpholine rings is 1. The first-order valence-electron chi connectivity index (χ1n) is 13.1. The second-order valence-electron chi connectivity index (χ2n) is 10.1. The van der Waals surface area contributed by atoms with Gasteiger partial charge in [0.2, 0.25) is 0 Å². The molecule has 0 radical (unpaired) electrons. The molecular formula is C28H41ClN6O. The summed E-state index contributed by atoms with van der Waals surface area (Å²) in [6.45, 7) is 9.77. The van der Waals surface area contributed by atoms with Gasteiger partial charge >= 0.3 is 0 Å². The smallest absolute Gasteiger partial charge is 0.147 e. The zero-order chi connectivity index (χ0) is 24.2. The van der Waals surface area contributed by atoms with Gasteiger partial charge in [0.1, 0.15) is 6.23 Å². The number of rotatable bonds is 8. The zero-order valence-corrected chi connectivity index (χ0v) is 22.7. The molecule has 1 aromatic heterocycles. The molecule has 0 spiro atoms. The third-order valence-corrected chi connectivity index (χ3v) is 7.55. The number of fused-ring (bicyclic) bond motifs is 1. The lowest BCUT2D eigenvalue weighted by molar-refractivity contribution is -0.0169. The van der Waals surface area contributed by atoms with E-state index >= 15 is 0 Å². The standard InChI is InChI=1S/C28H40N6O.ClH/c1-21-5-4-6-24(17-21)33-13-9-22(10-14-33)27-23(19-32(3)15-11-29-2)7-8-25-28(27)31-20-34(25)26-18-30-12-16-35-26;/h4-8,17,20,22,26,29-30H,9-16,18-19H2,1-3H3;1H. The van der Waals surface area contributed by atoms with E-state index in [-0.39, 0.29) is 18.6 Å². The van der Waals surface area contributed by atoms with Crippen molar-refractivity contribution in [3.05, 3.63) is 59.4 Å². The van der Waals surface area contributed by atoms with Crippen LogP contribution in [0.3, 0.4) is 0 Å². The van der Waals surface area contributed by atoms with Gasteiger partial charge in [-0.2, -0.15) is 0 Å². The molecule has 2 aliphatic heterocycles. The number of nitrogens with zero attached hydrogens (tertiary/aromatic N) is 4. The number of hydrogen-bond acceptors (Lipinski definition) is 6. The van der Waals surface area contributed by atoms with Crippen molar-refractivity contribution in [2.75, 3.05) is 64.9 Å². The predicted octanol–water partition coefficient (Wildman–Crippen LogP) is 3.92. The molecule has 0 saturated carbocycles. The van der Waals surface area contributed by atoms with E-state index in [4.69, 9.17) is 9.72 Å². The number of ether oxygens (including phenoxy) is 1. The van der Waals surface area contributed by atoms with E-state index < -0.39 is 0 Å². The summed E-state index contributed by atoms with van der Waals surface area (Å²) in [6, 6.07) is 13.5. The van der Waals surface area contributed by atoms with Crippen LogP contribution in [0, 0.1) is 6.92 Å². The highest BCUT2D eigenvalue weighted by atomic mass is 35.5. The lowest BCUT2D eigenvalue weighted by Crippen LogP contribution is -2.36. The van der Waals surface area contributed by atoms with Crippen LogP contribution in [-0.4, -0.2) is 74.4 Å². The molecule has 2 aromatic carbocycles. The average Bonchev–Trinajstić information content (AvgIpc) is 3.32. The Balaban J connectivity index is 0.00000304. The van der Waals surface area contributed by atoms with Gasteiger partial charge < -0.3 is 29.7 Å². The SMILES string of the molecule is CNCCN(C)Cc1ccc2c(ncn2C2CNCCO2)c1C1CCN(c2cccc(C)c2)CC1.Cl. The molecular weight excluding hydrogens is 472 g/mol. The monoisotopic (exact) mass is 512 g/mol. The van der Waals surface area contributed by atoms with E-state index in [9.17, 15) is 0 Å². The van der Waals surface area contributed by atoms with Crippen molar-refractivity contribution in [1.82, 2.24) is 25.1 Å². The van der Waals surface area contributed by atoms with Gasteiger partial charge in [-0.3, -0.25) is 0 Å². The molecule has 2 saturated heterocycles. The lowest BCUT2D eigenvalue weighted by Gasteiger charge is -2.35. The summed E-state index contributed by atoms with van der Waals surface area (Å²) < 4.78 is 8.29. The highest BCUT2D eigenvalue weighted by molar-refractivity contribution is 5.85. The first kappa shape index (κ1) is 26.9. The Morgan fingerprint density at radius 3 is 2.75 bits per heavy atom. The second-order valence-corrected chi connectivity index (χ2v) is 10.1. The van der Waals surface area contributed by atoms with E-state index in [2.05, 4.69) is 75.4 Å². The largest absolute Gasteiger partial charge is 0.371 e. The van der Waals surface area contributed by atoms with Crippen molar-refractivity contribution in [2.45, 2.75) is 38.5 Å². The van der Waals surface area contributed by atoms with Crippen LogP contribution in [0.25, 0.3) is 11.0 Å². The number of piperidine rings is 1. The van der Waals surface area contributed by atoms with Crippen LogP contribution in [-0.2, 0) is 11.3 Å². The molecule has 2 aliphatic rings. The van der Waals surface area contributed by atoms with Gasteiger partial charge in [-0.1, -0.05) is 18.2 Å². The first-order valence-corrected chi connectivity index (χ1v) is 13.1. The Labute approximate surface area is 221 Å². The van der Waals surface area contributed by atoms with Crippen molar-refractivity contribution in [3.63, 3.8) is 0 Å². The van der Waals surface area contributed by atoms with Gasteiger partial charge in [0.05, 0.1) is 24.0 Å². The van der Waals surface area contributed by atoms with Crippen molar-refractivity contribution < 1.29 is 4.74 Å². The molecule has 1 atom stereocenters. The number of hydrogen-bond donors (Lipinski definition) is 2. The highest BCUT2D eigenvalue weighted by Crippen LogP contribution is 2.37. The fraction of sp³-hybridized carbons (Fsp3) is 0.536. The molecule has 5 rings (SSSR count). The second kappa shape index (κ2) is 12.4. The fourth-order valence-corrected chi connectivity index (χ4v) is 5.64. The molecule has 2 N–H and O–H groups in total. The van der Waals surface area contributed by atoms with Gasteiger partial charge in [0, 0.05) is 51.5 Å². The van der Waals surface area contributed by atoms with Crippen LogP contribution in [0.1, 0.15) is 41.7 Å². The molecule has 1 unspecified atom stereocenters. The summed E-state index contributed by atoms with van der Waals surface area (Å²) in [5.41, 5.74) is 7.89. The predicted molar refractivity (Wildman–Crippen MR) is 150 cm³/mol. The maximum Gasteiger partial charge on any atom is 0.147 e.